The molecule has 2 aliphatic rings. The molecular weight excluding hydrogens is 1300 g/mol. The number of benzene rings is 4. The van der Waals surface area contributed by atoms with Crippen LogP contribution in [0.4, 0.5) is 5.69 Å². The highest BCUT2D eigenvalue weighted by Gasteiger charge is 2.37. The summed E-state index contributed by atoms with van der Waals surface area (Å²) >= 11 is 0. The number of unbranched alkanes of at least 4 members (excludes halogenated alkanes) is 1. The first-order valence-electron chi connectivity index (χ1n) is 32.1. The molecule has 2 aliphatic heterocycles. The Morgan fingerprint density at radius 1 is 0.781 bits per heavy atom. The van der Waals surface area contributed by atoms with Gasteiger partial charge in [-0.3, -0.25) is 43.3 Å². The first-order valence-corrected chi connectivity index (χ1v) is 36.2. The van der Waals surface area contributed by atoms with E-state index in [1.54, 1.807) is 60.8 Å². The zero-order valence-electron chi connectivity index (χ0n) is 54.7. The number of carbonyl (C=O) groups excluding carboxylic acids is 8. The Morgan fingerprint density at radius 2 is 1.41 bits per heavy atom. The second-order valence-corrected chi connectivity index (χ2v) is 28.4. The molecule has 0 aliphatic carbocycles. The van der Waals surface area contributed by atoms with E-state index in [4.69, 9.17) is 21.9 Å². The zero-order valence-corrected chi connectivity index (χ0v) is 57.2. The molecule has 2 fully saturated rings. The first-order chi connectivity index (χ1) is 45.9. The van der Waals surface area contributed by atoms with Crippen LogP contribution >= 0.6 is 21.6 Å². The number of amides is 8. The van der Waals surface area contributed by atoms with Gasteiger partial charge in [0.15, 0.2) is 9.84 Å². The van der Waals surface area contributed by atoms with E-state index in [1.807, 2.05) is 30.3 Å². The Kier molecular flexibility index (Phi) is 30.7. The van der Waals surface area contributed by atoms with Crippen molar-refractivity contribution in [3.63, 3.8) is 0 Å². The van der Waals surface area contributed by atoms with Gasteiger partial charge in [-0.05, 0) is 101 Å². The van der Waals surface area contributed by atoms with Crippen molar-refractivity contribution in [3.8, 4) is 5.75 Å². The number of likely N-dealkylation sites (N-methyl/N-ethyl adjacent to an activating group) is 1. The van der Waals surface area contributed by atoms with Crippen molar-refractivity contribution in [2.24, 2.45) is 11.5 Å². The molecule has 0 saturated carbocycles. The van der Waals surface area contributed by atoms with E-state index >= 15 is 0 Å². The number of aromatic amines is 1. The van der Waals surface area contributed by atoms with E-state index in [9.17, 15) is 62.1 Å². The van der Waals surface area contributed by atoms with E-state index in [2.05, 4.69) is 59.3 Å². The van der Waals surface area contributed by atoms with Crippen molar-refractivity contribution in [3.05, 3.63) is 126 Å². The summed E-state index contributed by atoms with van der Waals surface area (Å²) in [4.78, 5) is 118. The molecule has 27 nitrogen and oxygen atoms in total. The van der Waals surface area contributed by atoms with Gasteiger partial charge in [0.05, 0.1) is 59.9 Å². The number of nitrogens with one attached hydrogen (secondary N) is 9. The van der Waals surface area contributed by atoms with Crippen molar-refractivity contribution in [1.29, 1.82) is 0 Å². The summed E-state index contributed by atoms with van der Waals surface area (Å²) in [5, 5.41) is 53.4. The van der Waals surface area contributed by atoms with E-state index in [1.165, 1.54) is 40.0 Å². The second kappa shape index (κ2) is 38.2. The van der Waals surface area contributed by atoms with Crippen LogP contribution in [0.5, 0.6) is 5.75 Å². The highest BCUT2D eigenvalue weighted by atomic mass is 33.1. The minimum absolute atomic E-state index is 0.0306. The van der Waals surface area contributed by atoms with Crippen molar-refractivity contribution in [1.82, 2.24) is 52.4 Å². The van der Waals surface area contributed by atoms with Gasteiger partial charge >= 0.3 is 0 Å². The normalized spacial score (nSPS) is 21.6. The Balaban J connectivity index is 0.000000486. The molecule has 18 N–H and O–H groups in total. The minimum atomic E-state index is -3.52. The number of fused-ring (bicyclic) bond motifs is 1. The number of H-pyrrole nitrogens is 1. The lowest BCUT2D eigenvalue weighted by Crippen LogP contribution is -2.62. The standard InChI is InChI=1S/C49H66N10O10S2.C17H27N3O4S/c1-28(61)39(25-60)56-48(68)41-27-71-70-26-40(57-43(63)34(51)21-30-13-5-3-6-14-30)47(67)54-37(22-31-15-7-4-8-16-31)45(65)55-38(23-32-24-52-35-18-10-9-17-33(32)35)46(66)53-36(19-11-12-20-50)44(64)59-42(29(2)62)49(69)58-41;1-4-20-8-6-7-12(20)11-19-17(21)13-9-16(25(22,23)5-2)14(18)10-15(13)24-3/h3-10,13-18,24,28-29,34,36-42,52,60-62H,11-12,19-23,25-27,50-51H2,1-2H3,(H,53,66)(H,54,67)(H,55,65)(H,56,68)(H,57,63)(H,58,69)(H,59,64);9-10,12H,4-8,11,18H2,1-3H3,(H,19,21)/t28-,29?,34-,36+,37+,38-,39-,40+,41+,42+;/m1./s1. The smallest absolute Gasteiger partial charge is 0.255 e. The summed E-state index contributed by atoms with van der Waals surface area (Å²) in [7, 11) is -0.0372. The molecule has 4 aromatic carbocycles. The first kappa shape index (κ1) is 77.2. The van der Waals surface area contributed by atoms with Crippen LogP contribution in [0.25, 0.3) is 10.9 Å². The molecule has 524 valence electrons. The van der Waals surface area contributed by atoms with Crippen LogP contribution in [0.1, 0.15) is 86.8 Å². The maximum Gasteiger partial charge on any atom is 0.255 e. The fraction of sp³-hybridized carbons (Fsp3) is 0.485. The van der Waals surface area contributed by atoms with Crippen molar-refractivity contribution in [2.75, 3.05) is 62.9 Å². The third-order valence-corrected chi connectivity index (χ3v) is 20.8. The number of anilines is 1. The quantitative estimate of drug-likeness (QED) is 0.0227. The number of likely N-dealkylation sites (tertiary alicyclic amines) is 1. The molecule has 0 radical (unpaired) electrons. The molecule has 2 unspecified atom stereocenters. The molecule has 0 spiro atoms. The fourth-order valence-electron chi connectivity index (χ4n) is 10.9. The van der Waals surface area contributed by atoms with Crippen LogP contribution in [0.15, 0.2) is 108 Å². The van der Waals surface area contributed by atoms with Crippen LogP contribution in [-0.4, -0.2) is 205 Å². The van der Waals surface area contributed by atoms with Gasteiger partial charge in [0, 0.05) is 60.1 Å². The van der Waals surface area contributed by atoms with Crippen molar-refractivity contribution >= 4 is 95.3 Å². The van der Waals surface area contributed by atoms with Crippen molar-refractivity contribution in [2.45, 2.75) is 151 Å². The molecular formula is C66H93N13O14S3. The lowest BCUT2D eigenvalue weighted by molar-refractivity contribution is -0.136. The van der Waals surface area contributed by atoms with Crippen LogP contribution in [0, 0.1) is 0 Å². The molecule has 5 aromatic rings. The Hall–Kier alpha value is -7.81. The molecule has 3 heterocycles. The molecule has 7 rings (SSSR count). The average molecular weight is 1390 g/mol. The number of para-hydroxylation sites is 1. The Bertz CT molecular complexity index is 3520. The number of aromatic nitrogens is 1. The van der Waals surface area contributed by atoms with Gasteiger partial charge in [0.2, 0.25) is 41.4 Å². The van der Waals surface area contributed by atoms with Gasteiger partial charge in [0.25, 0.3) is 5.91 Å². The van der Waals surface area contributed by atoms with Crippen LogP contribution in [-0.2, 0) is 62.7 Å². The van der Waals surface area contributed by atoms with Crippen LogP contribution in [0.3, 0.4) is 0 Å². The Labute approximate surface area is 567 Å². The number of sulfone groups is 1. The second-order valence-electron chi connectivity index (χ2n) is 23.6. The average Bonchev–Trinajstić information content (AvgIpc) is 0.959. The molecule has 30 heteroatoms. The van der Waals surface area contributed by atoms with Gasteiger partial charge in [-0.15, -0.1) is 0 Å². The van der Waals surface area contributed by atoms with Gasteiger partial charge in [-0.2, -0.15) is 0 Å². The largest absolute Gasteiger partial charge is 0.496 e. The molecule has 1 aromatic heterocycles. The molecule has 96 heavy (non-hydrogen) atoms. The molecule has 2 saturated heterocycles. The summed E-state index contributed by atoms with van der Waals surface area (Å²) in [5.74, 6) is -6.18. The number of ether oxygens (including phenoxy) is 1. The van der Waals surface area contributed by atoms with Gasteiger partial charge in [-0.1, -0.05) is 114 Å². The number of aliphatic hydroxyl groups is 3. The third kappa shape index (κ3) is 22.6. The summed E-state index contributed by atoms with van der Waals surface area (Å²) in [6.07, 6.45) is 2.01. The number of methoxy groups -OCH3 is 1. The maximum absolute atomic E-state index is 14.7. The summed E-state index contributed by atoms with van der Waals surface area (Å²) in [6, 6.07) is 17.6. The van der Waals surface area contributed by atoms with Gasteiger partial charge in [0.1, 0.15) is 42.0 Å². The molecule has 11 atom stereocenters. The monoisotopic (exact) mass is 1390 g/mol. The van der Waals surface area contributed by atoms with E-state index < -0.39 is 118 Å². The third-order valence-electron chi connectivity index (χ3n) is 16.5. The number of nitrogens with two attached hydrogens (primary N) is 3. The number of carbonyl (C=O) groups is 8. The SMILES string of the molecule is CC(O)[C@@H]1NC(=O)[C@H](CCCCN)NC(=O)[C@@H](Cc2c[nH]c3ccccc23)NC(=O)[C@H](Cc2ccccc2)NC(=O)[C@@H](NC(=O)[C@H](N)Cc2ccccc2)CSSC[C@@H](C(=O)N[C@H](CO)[C@@H](C)O)NC1=O.CCN1CCCC1CNC(=O)c1cc(S(=O)(=O)CC)c(N)cc1OC. The topological polar surface area (TPSA) is 434 Å². The predicted molar refractivity (Wildman–Crippen MR) is 370 cm³/mol. The number of hydrogen-bond acceptors (Lipinski definition) is 20. The van der Waals surface area contributed by atoms with Crippen LogP contribution < -0.4 is 64.5 Å². The highest BCUT2D eigenvalue weighted by Crippen LogP contribution is 2.30. The van der Waals surface area contributed by atoms with Gasteiger partial charge in [-0.25, -0.2) is 8.42 Å². The maximum atomic E-state index is 14.7. The number of aliphatic hydroxyl groups excluding tert-OH is 3. The highest BCUT2D eigenvalue weighted by molar-refractivity contribution is 8.76. The number of nitrogen functional groups attached to an aromatic ring is 1. The van der Waals surface area contributed by atoms with Crippen LogP contribution in [0.2, 0.25) is 0 Å². The van der Waals surface area contributed by atoms with E-state index in [-0.39, 0.29) is 77.3 Å². The summed E-state index contributed by atoms with van der Waals surface area (Å²) in [5.41, 5.74) is 21.1. The number of nitrogens with zero attached hydrogens (tertiary/aromatic N) is 1. The lowest BCUT2D eigenvalue weighted by atomic mass is 10.0. The van der Waals surface area contributed by atoms with E-state index in [0.29, 0.717) is 36.6 Å². The minimum Gasteiger partial charge on any atom is -0.496 e. The molecule has 8 amide bonds. The summed E-state index contributed by atoms with van der Waals surface area (Å²) < 4.78 is 29.6. The summed E-state index contributed by atoms with van der Waals surface area (Å²) in [6.45, 7) is 8.38. The Morgan fingerprint density at radius 3 is 2.04 bits per heavy atom. The predicted octanol–water partition coefficient (Wildman–Crippen LogP) is 0.480. The van der Waals surface area contributed by atoms with Crippen molar-refractivity contribution < 1.29 is 66.8 Å². The number of hydrogen-bond donors (Lipinski definition) is 15. The van der Waals surface area contributed by atoms with Gasteiger partial charge < -0.3 is 84.8 Å². The molecule has 0 bridgehead atoms. The zero-order chi connectivity index (χ0) is 70.1. The fourth-order valence-corrected chi connectivity index (χ4v) is 14.3. The van der Waals surface area contributed by atoms with E-state index in [0.717, 1.165) is 64.0 Å². The number of rotatable bonds is 24. The lowest BCUT2D eigenvalue weighted by Gasteiger charge is -2.29.